The second-order valence-electron chi connectivity index (χ2n) is 3.69. The molecule has 2 N–H and O–H groups in total. The molecule has 1 saturated carbocycles. The van der Waals surface area contributed by atoms with Crippen molar-refractivity contribution in [3.63, 3.8) is 0 Å². The molecule has 0 saturated heterocycles. The van der Waals surface area contributed by atoms with Crippen LogP contribution in [0.25, 0.3) is 0 Å². The summed E-state index contributed by atoms with van der Waals surface area (Å²) in [6, 6.07) is 0. The fraction of sp³-hybridized carbons (Fsp3) is 0.750. The monoisotopic (exact) mass is 253 g/mol. The van der Waals surface area contributed by atoms with E-state index in [0.29, 0.717) is 24.0 Å². The highest BCUT2D eigenvalue weighted by Gasteiger charge is 2.37. The fourth-order valence-electron chi connectivity index (χ4n) is 1.48. The minimum atomic E-state index is -4.50. The van der Waals surface area contributed by atoms with Crippen LogP contribution in [0.3, 0.4) is 0 Å². The lowest BCUT2D eigenvalue weighted by Gasteiger charge is -2.33. The average Bonchev–Trinajstić information content (AvgIpc) is 2.57. The van der Waals surface area contributed by atoms with Crippen molar-refractivity contribution in [1.29, 1.82) is 0 Å². The molecule has 1 aromatic heterocycles. The Labute approximate surface area is 93.8 Å². The van der Waals surface area contributed by atoms with Gasteiger partial charge in [-0.15, -0.1) is 0 Å². The number of nitrogens with two attached hydrogens (primary N) is 1. The van der Waals surface area contributed by atoms with Crippen LogP contribution in [0, 0.1) is 5.92 Å². The maximum atomic E-state index is 12.2. The van der Waals surface area contributed by atoms with Crippen LogP contribution in [0.15, 0.2) is 0 Å². The molecule has 0 bridgehead atoms. The minimum absolute atomic E-state index is 0.0206. The van der Waals surface area contributed by atoms with Gasteiger partial charge in [0.2, 0.25) is 0 Å². The first-order chi connectivity index (χ1) is 7.49. The number of hydrogen-bond acceptors (Lipinski definition) is 5. The summed E-state index contributed by atoms with van der Waals surface area (Å²) in [5, 5.41) is -0.0206. The summed E-state index contributed by atoms with van der Waals surface area (Å²) in [6.45, 7) is 0.587. The standard InChI is InChI=1S/C8H10F3N3OS/c9-8(10,11)6-13-7(16-14-6)15-5-1-4(2-5)3-12/h4-5H,1-3,12H2. The highest BCUT2D eigenvalue weighted by molar-refractivity contribution is 7.07. The molecule has 0 spiro atoms. The first kappa shape index (κ1) is 11.6. The van der Waals surface area contributed by atoms with Crippen molar-refractivity contribution in [2.45, 2.75) is 25.1 Å². The summed E-state index contributed by atoms with van der Waals surface area (Å²) in [6.07, 6.45) is -3.02. The molecule has 0 amide bonds. The van der Waals surface area contributed by atoms with Crippen molar-refractivity contribution in [2.75, 3.05) is 6.54 Å². The zero-order chi connectivity index (χ0) is 11.8. The van der Waals surface area contributed by atoms with E-state index < -0.39 is 12.0 Å². The molecule has 1 aromatic rings. The van der Waals surface area contributed by atoms with Gasteiger partial charge in [-0.3, -0.25) is 0 Å². The minimum Gasteiger partial charge on any atom is -0.466 e. The summed E-state index contributed by atoms with van der Waals surface area (Å²) in [5.41, 5.74) is 5.42. The third kappa shape index (κ3) is 2.43. The number of rotatable bonds is 3. The maximum Gasteiger partial charge on any atom is 0.452 e. The van der Waals surface area contributed by atoms with Crippen molar-refractivity contribution >= 4 is 11.5 Å². The van der Waals surface area contributed by atoms with E-state index in [1.54, 1.807) is 0 Å². The van der Waals surface area contributed by atoms with Crippen LogP contribution in [0.5, 0.6) is 5.19 Å². The van der Waals surface area contributed by atoms with Crippen LogP contribution in [0.1, 0.15) is 18.7 Å². The van der Waals surface area contributed by atoms with Gasteiger partial charge in [-0.2, -0.15) is 22.5 Å². The Morgan fingerprint density at radius 1 is 1.44 bits per heavy atom. The van der Waals surface area contributed by atoms with Gasteiger partial charge in [0, 0.05) is 11.5 Å². The Balaban J connectivity index is 1.89. The predicted octanol–water partition coefficient (Wildman–Crippen LogP) is 1.67. The topological polar surface area (TPSA) is 61.0 Å². The van der Waals surface area contributed by atoms with Crippen LogP contribution in [0.4, 0.5) is 13.2 Å². The van der Waals surface area contributed by atoms with Gasteiger partial charge >= 0.3 is 6.18 Å². The Kier molecular flexibility index (Phi) is 3.02. The highest BCUT2D eigenvalue weighted by Crippen LogP contribution is 2.33. The lowest BCUT2D eigenvalue weighted by Crippen LogP contribution is -2.37. The third-order valence-corrected chi connectivity index (χ3v) is 3.06. The quantitative estimate of drug-likeness (QED) is 0.890. The summed E-state index contributed by atoms with van der Waals surface area (Å²) in [5.74, 6) is -0.720. The maximum absolute atomic E-state index is 12.2. The molecule has 1 aliphatic rings. The van der Waals surface area contributed by atoms with E-state index in [9.17, 15) is 13.2 Å². The Morgan fingerprint density at radius 2 is 2.12 bits per heavy atom. The summed E-state index contributed by atoms with van der Waals surface area (Å²) in [4.78, 5) is 3.28. The molecule has 0 aliphatic heterocycles. The van der Waals surface area contributed by atoms with E-state index in [4.69, 9.17) is 10.5 Å². The molecule has 0 aromatic carbocycles. The highest BCUT2D eigenvalue weighted by atomic mass is 32.1. The molecular weight excluding hydrogens is 243 g/mol. The van der Waals surface area contributed by atoms with E-state index in [0.717, 1.165) is 12.8 Å². The number of halogens is 3. The van der Waals surface area contributed by atoms with Gasteiger partial charge in [-0.1, -0.05) is 0 Å². The van der Waals surface area contributed by atoms with E-state index in [2.05, 4.69) is 9.36 Å². The Morgan fingerprint density at radius 3 is 2.62 bits per heavy atom. The molecular formula is C8H10F3N3OS. The molecule has 4 nitrogen and oxygen atoms in total. The number of hydrogen-bond donors (Lipinski definition) is 1. The van der Waals surface area contributed by atoms with Crippen molar-refractivity contribution in [2.24, 2.45) is 11.7 Å². The molecule has 1 aliphatic carbocycles. The molecule has 0 atom stereocenters. The van der Waals surface area contributed by atoms with E-state index >= 15 is 0 Å². The van der Waals surface area contributed by atoms with Gasteiger partial charge in [0.1, 0.15) is 6.10 Å². The first-order valence-corrected chi connectivity index (χ1v) is 5.54. The SMILES string of the molecule is NCC1CC(Oc2nc(C(F)(F)F)ns2)C1. The van der Waals surface area contributed by atoms with Gasteiger partial charge in [0.05, 0.1) is 0 Å². The summed E-state index contributed by atoms with van der Waals surface area (Å²) in [7, 11) is 0. The molecule has 0 radical (unpaired) electrons. The van der Waals surface area contributed by atoms with Crippen LogP contribution < -0.4 is 10.5 Å². The first-order valence-electron chi connectivity index (χ1n) is 4.76. The lowest BCUT2D eigenvalue weighted by molar-refractivity contribution is -0.144. The van der Waals surface area contributed by atoms with Crippen LogP contribution in [-0.4, -0.2) is 22.0 Å². The van der Waals surface area contributed by atoms with Gasteiger partial charge in [0.25, 0.3) is 11.0 Å². The Bertz CT molecular complexity index is 362. The van der Waals surface area contributed by atoms with Crippen molar-refractivity contribution < 1.29 is 17.9 Å². The largest absolute Gasteiger partial charge is 0.466 e. The van der Waals surface area contributed by atoms with E-state index in [1.807, 2.05) is 0 Å². The second-order valence-corrected chi connectivity index (χ2v) is 4.41. The molecule has 90 valence electrons. The Hall–Kier alpha value is -0.890. The molecule has 1 heterocycles. The van der Waals surface area contributed by atoms with Crippen molar-refractivity contribution in [3.8, 4) is 5.19 Å². The summed E-state index contributed by atoms with van der Waals surface area (Å²) >= 11 is 0.628. The van der Waals surface area contributed by atoms with Gasteiger partial charge < -0.3 is 10.5 Å². The van der Waals surface area contributed by atoms with Crippen LogP contribution >= 0.6 is 11.5 Å². The van der Waals surface area contributed by atoms with Gasteiger partial charge in [-0.05, 0) is 25.3 Å². The number of aromatic nitrogens is 2. The van der Waals surface area contributed by atoms with Gasteiger partial charge in [0.15, 0.2) is 0 Å². The van der Waals surface area contributed by atoms with E-state index in [1.165, 1.54) is 0 Å². The molecule has 16 heavy (non-hydrogen) atoms. The zero-order valence-corrected chi connectivity index (χ0v) is 9.01. The normalized spacial score (nSPS) is 25.2. The van der Waals surface area contributed by atoms with Gasteiger partial charge in [-0.25, -0.2) is 0 Å². The number of alkyl halides is 3. The molecule has 8 heteroatoms. The predicted molar refractivity (Wildman–Crippen MR) is 51.1 cm³/mol. The van der Waals surface area contributed by atoms with Crippen LogP contribution in [-0.2, 0) is 6.18 Å². The van der Waals surface area contributed by atoms with Crippen LogP contribution in [0.2, 0.25) is 0 Å². The van der Waals surface area contributed by atoms with Crippen molar-refractivity contribution in [3.05, 3.63) is 5.82 Å². The van der Waals surface area contributed by atoms with Crippen molar-refractivity contribution in [1.82, 2.24) is 9.36 Å². The number of ether oxygens (including phenoxy) is 1. The zero-order valence-electron chi connectivity index (χ0n) is 8.20. The third-order valence-electron chi connectivity index (χ3n) is 2.45. The summed E-state index contributed by atoms with van der Waals surface area (Å²) < 4.78 is 44.9. The molecule has 1 fully saturated rings. The second kappa shape index (κ2) is 4.17. The number of nitrogens with zero attached hydrogens (tertiary/aromatic N) is 2. The smallest absolute Gasteiger partial charge is 0.452 e. The molecule has 2 rings (SSSR count). The lowest BCUT2D eigenvalue weighted by atomic mass is 9.82. The average molecular weight is 253 g/mol. The van der Waals surface area contributed by atoms with E-state index in [-0.39, 0.29) is 11.3 Å². The fourth-order valence-corrected chi connectivity index (χ4v) is 2.09. The molecule has 0 unspecified atom stereocenters.